The van der Waals surface area contributed by atoms with Gasteiger partial charge in [-0.05, 0) is 13.8 Å². The summed E-state index contributed by atoms with van der Waals surface area (Å²) in [4.78, 5) is 20.3. The lowest BCUT2D eigenvalue weighted by Crippen LogP contribution is -2.00. The van der Waals surface area contributed by atoms with Crippen LogP contribution in [0, 0.1) is 34.1 Å². The van der Waals surface area contributed by atoms with Crippen LogP contribution in [0.2, 0.25) is 0 Å². The van der Waals surface area contributed by atoms with E-state index in [1.165, 1.54) is 19.9 Å². The molecule has 0 heterocycles. The first-order valence-electron chi connectivity index (χ1n) is 3.98. The maximum Gasteiger partial charge on any atom is 0.283 e. The van der Waals surface area contributed by atoms with Gasteiger partial charge >= 0.3 is 0 Å². The first-order chi connectivity index (χ1) is 6.86. The largest absolute Gasteiger partial charge is 0.283 e. The fourth-order valence-corrected chi connectivity index (χ4v) is 1.56. The Morgan fingerprint density at radius 1 is 1.13 bits per heavy atom. The number of benzene rings is 1. The Balaban J connectivity index is 3.63. The monoisotopic (exact) mass is 228 g/mol. The summed E-state index contributed by atoms with van der Waals surface area (Å²) >= 11 is 3.96. The van der Waals surface area contributed by atoms with Crippen molar-refractivity contribution in [2.24, 2.45) is 0 Å². The predicted octanol–water partition coefficient (Wildman–Crippen LogP) is 2.41. The quantitative estimate of drug-likeness (QED) is 0.478. The van der Waals surface area contributed by atoms with Gasteiger partial charge in [0, 0.05) is 16.5 Å². The van der Waals surface area contributed by atoms with Crippen LogP contribution in [-0.4, -0.2) is 9.85 Å². The first-order valence-corrected chi connectivity index (χ1v) is 4.43. The highest BCUT2D eigenvalue weighted by molar-refractivity contribution is 7.80. The number of nitro benzene ring substituents is 2. The summed E-state index contributed by atoms with van der Waals surface area (Å²) in [6, 6.07) is 1.22. The minimum absolute atomic E-state index is 0.0558. The number of hydrogen-bond donors (Lipinski definition) is 1. The Kier molecular flexibility index (Phi) is 2.94. The molecule has 1 rings (SSSR count). The van der Waals surface area contributed by atoms with Crippen molar-refractivity contribution < 1.29 is 9.85 Å². The smallest absolute Gasteiger partial charge is 0.258 e. The van der Waals surface area contributed by atoms with Crippen molar-refractivity contribution in [2.75, 3.05) is 0 Å². The third-order valence-corrected chi connectivity index (χ3v) is 2.60. The number of nitro groups is 2. The van der Waals surface area contributed by atoms with Gasteiger partial charge in [0.15, 0.2) is 0 Å². The molecule has 0 saturated carbocycles. The van der Waals surface area contributed by atoms with Gasteiger partial charge in [0.25, 0.3) is 11.4 Å². The van der Waals surface area contributed by atoms with Crippen LogP contribution in [0.1, 0.15) is 11.1 Å². The van der Waals surface area contributed by atoms with Gasteiger partial charge in [0.1, 0.15) is 5.56 Å². The molecule has 7 heteroatoms. The topological polar surface area (TPSA) is 86.3 Å². The normalized spacial score (nSPS) is 10.1. The van der Waals surface area contributed by atoms with Crippen molar-refractivity contribution in [1.29, 1.82) is 0 Å². The maximum atomic E-state index is 10.7. The van der Waals surface area contributed by atoms with Crippen molar-refractivity contribution in [1.82, 2.24) is 0 Å². The lowest BCUT2D eigenvalue weighted by Gasteiger charge is -2.04. The molecule has 0 fully saturated rings. The summed E-state index contributed by atoms with van der Waals surface area (Å²) in [7, 11) is 0. The second-order valence-electron chi connectivity index (χ2n) is 3.03. The zero-order valence-corrected chi connectivity index (χ0v) is 8.95. The molecule has 6 nitrogen and oxygen atoms in total. The molecule has 0 bridgehead atoms. The van der Waals surface area contributed by atoms with Gasteiger partial charge in [0.2, 0.25) is 0 Å². The number of thiol groups is 1. The van der Waals surface area contributed by atoms with E-state index >= 15 is 0 Å². The summed E-state index contributed by atoms with van der Waals surface area (Å²) in [5, 5.41) is 21.3. The molecule has 0 atom stereocenters. The molecule has 0 aliphatic rings. The predicted molar refractivity (Wildman–Crippen MR) is 56.5 cm³/mol. The summed E-state index contributed by atoms with van der Waals surface area (Å²) in [5.41, 5.74) is -0.127. The lowest BCUT2D eigenvalue weighted by molar-refractivity contribution is -0.395. The molecule has 0 aromatic heterocycles. The summed E-state index contributed by atoms with van der Waals surface area (Å²) < 4.78 is 0. The molecular weight excluding hydrogens is 220 g/mol. The molecular formula is C8H8N2O4S. The van der Waals surface area contributed by atoms with Gasteiger partial charge in [-0.15, -0.1) is 12.6 Å². The van der Waals surface area contributed by atoms with Crippen LogP contribution >= 0.6 is 12.6 Å². The summed E-state index contributed by atoms with van der Waals surface area (Å²) in [6.07, 6.45) is 0. The minimum atomic E-state index is -0.651. The van der Waals surface area contributed by atoms with E-state index in [9.17, 15) is 20.2 Å². The van der Waals surface area contributed by atoms with Gasteiger partial charge in [-0.25, -0.2) is 0 Å². The van der Waals surface area contributed by atoms with Crippen LogP contribution in [-0.2, 0) is 0 Å². The third-order valence-electron chi connectivity index (χ3n) is 2.13. The highest BCUT2D eigenvalue weighted by Gasteiger charge is 2.25. The van der Waals surface area contributed by atoms with Crippen LogP contribution in [0.3, 0.4) is 0 Å². The van der Waals surface area contributed by atoms with Crippen LogP contribution in [0.15, 0.2) is 11.0 Å². The fourth-order valence-electron chi connectivity index (χ4n) is 1.33. The SMILES string of the molecule is Cc1c(S)cc([N+](=O)[O-])c(C)c1[N+](=O)[O-]. The molecule has 1 aromatic rings. The van der Waals surface area contributed by atoms with Gasteiger partial charge in [0.05, 0.1) is 9.85 Å². The van der Waals surface area contributed by atoms with Crippen LogP contribution in [0.25, 0.3) is 0 Å². The number of hydrogen-bond acceptors (Lipinski definition) is 5. The Hall–Kier alpha value is -1.63. The summed E-state index contributed by atoms with van der Waals surface area (Å²) in [5.74, 6) is 0. The van der Waals surface area contributed by atoms with Crippen molar-refractivity contribution in [3.05, 3.63) is 37.4 Å². The Morgan fingerprint density at radius 2 is 1.67 bits per heavy atom. The summed E-state index contributed by atoms with van der Waals surface area (Å²) in [6.45, 7) is 2.87. The van der Waals surface area contributed by atoms with E-state index in [4.69, 9.17) is 0 Å². The molecule has 0 amide bonds. The van der Waals surface area contributed by atoms with Crippen molar-refractivity contribution in [3.63, 3.8) is 0 Å². The number of rotatable bonds is 2. The number of nitrogens with zero attached hydrogens (tertiary/aromatic N) is 2. The Labute approximate surface area is 90.6 Å². The second kappa shape index (κ2) is 3.85. The minimum Gasteiger partial charge on any atom is -0.258 e. The molecule has 0 aliphatic heterocycles. The lowest BCUT2D eigenvalue weighted by atomic mass is 10.1. The average Bonchev–Trinajstić information content (AvgIpc) is 2.10. The van der Waals surface area contributed by atoms with E-state index < -0.39 is 9.85 Å². The second-order valence-corrected chi connectivity index (χ2v) is 3.51. The van der Waals surface area contributed by atoms with Crippen molar-refractivity contribution in [2.45, 2.75) is 18.7 Å². The van der Waals surface area contributed by atoms with Gasteiger partial charge in [-0.1, -0.05) is 0 Å². The first kappa shape index (κ1) is 11.4. The zero-order chi connectivity index (χ0) is 11.7. The molecule has 1 aromatic carbocycles. The molecule has 15 heavy (non-hydrogen) atoms. The highest BCUT2D eigenvalue weighted by Crippen LogP contribution is 2.34. The van der Waals surface area contributed by atoms with Crippen molar-refractivity contribution >= 4 is 24.0 Å². The van der Waals surface area contributed by atoms with E-state index in [2.05, 4.69) is 12.6 Å². The molecule has 0 spiro atoms. The fraction of sp³-hybridized carbons (Fsp3) is 0.250. The van der Waals surface area contributed by atoms with E-state index in [1.54, 1.807) is 0 Å². The zero-order valence-electron chi connectivity index (χ0n) is 8.05. The van der Waals surface area contributed by atoms with E-state index in [0.717, 1.165) is 0 Å². The molecule has 0 N–H and O–H groups in total. The highest BCUT2D eigenvalue weighted by atomic mass is 32.1. The van der Waals surface area contributed by atoms with Gasteiger partial charge in [-0.3, -0.25) is 20.2 Å². The van der Waals surface area contributed by atoms with Gasteiger partial charge < -0.3 is 0 Å². The molecule has 0 unspecified atom stereocenters. The van der Waals surface area contributed by atoms with Crippen LogP contribution in [0.5, 0.6) is 0 Å². The van der Waals surface area contributed by atoms with Crippen LogP contribution in [0.4, 0.5) is 11.4 Å². The Bertz CT molecular complexity index is 458. The maximum absolute atomic E-state index is 10.7. The van der Waals surface area contributed by atoms with E-state index in [0.29, 0.717) is 5.56 Å². The Morgan fingerprint density at radius 3 is 2.07 bits per heavy atom. The molecule has 0 radical (unpaired) electrons. The standard InChI is InChI=1S/C8H8N2O4S/c1-4-6(9(11)12)3-7(15)5(2)8(4)10(13)14/h3,15H,1-2H3. The van der Waals surface area contributed by atoms with E-state index in [1.807, 2.05) is 0 Å². The van der Waals surface area contributed by atoms with E-state index in [-0.39, 0.29) is 21.8 Å². The molecule has 0 aliphatic carbocycles. The molecule has 80 valence electrons. The average molecular weight is 228 g/mol. The van der Waals surface area contributed by atoms with Crippen LogP contribution < -0.4 is 0 Å². The molecule has 0 saturated heterocycles. The van der Waals surface area contributed by atoms with Gasteiger partial charge in [-0.2, -0.15) is 0 Å². The van der Waals surface area contributed by atoms with Crippen molar-refractivity contribution in [3.8, 4) is 0 Å². The third kappa shape index (κ3) is 1.91.